The van der Waals surface area contributed by atoms with E-state index in [0.29, 0.717) is 13.0 Å². The number of aryl methyl sites for hydroxylation is 1. The van der Waals surface area contributed by atoms with Crippen LogP contribution in [0.3, 0.4) is 0 Å². The van der Waals surface area contributed by atoms with Gasteiger partial charge in [0, 0.05) is 24.1 Å². The third-order valence-corrected chi connectivity index (χ3v) is 4.62. The summed E-state index contributed by atoms with van der Waals surface area (Å²) < 4.78 is 0.792. The fourth-order valence-corrected chi connectivity index (χ4v) is 3.35. The summed E-state index contributed by atoms with van der Waals surface area (Å²) in [5.41, 5.74) is 2.35. The van der Waals surface area contributed by atoms with Crippen LogP contribution in [0.2, 0.25) is 0 Å². The molecule has 0 spiro atoms. The average molecular weight is 387 g/mol. The van der Waals surface area contributed by atoms with Crippen LogP contribution in [0.15, 0.2) is 41.0 Å². The number of aromatic nitrogens is 1. The van der Waals surface area contributed by atoms with E-state index in [0.717, 1.165) is 27.0 Å². The van der Waals surface area contributed by atoms with Crippen molar-refractivity contribution < 1.29 is 10.2 Å². The maximum absolute atomic E-state index is 10.5. The zero-order valence-corrected chi connectivity index (χ0v) is 15.2. The van der Waals surface area contributed by atoms with Gasteiger partial charge < -0.3 is 10.2 Å². The van der Waals surface area contributed by atoms with Gasteiger partial charge >= 0.3 is 0 Å². The molecule has 1 fully saturated rings. The lowest BCUT2D eigenvalue weighted by atomic mass is 10.0. The largest absolute Gasteiger partial charge is 0.374 e. The Morgan fingerprint density at radius 2 is 2.12 bits per heavy atom. The molecule has 24 heavy (non-hydrogen) atoms. The van der Waals surface area contributed by atoms with Crippen molar-refractivity contribution in [3.8, 4) is 23.1 Å². The number of nitrogens with zero attached hydrogens (tertiary/aromatic N) is 2. The van der Waals surface area contributed by atoms with Crippen molar-refractivity contribution in [3.63, 3.8) is 0 Å². The monoisotopic (exact) mass is 386 g/mol. The maximum Gasteiger partial charge on any atom is 0.166 e. The number of likely N-dealkylation sites (N-methyl/N-ethyl adjacent to an activating group) is 1. The maximum atomic E-state index is 10.5. The van der Waals surface area contributed by atoms with Gasteiger partial charge in [0.15, 0.2) is 5.60 Å². The average Bonchev–Trinajstić information content (AvgIpc) is 2.81. The second-order valence-corrected chi connectivity index (χ2v) is 7.02. The molecule has 5 heteroatoms. The highest BCUT2D eigenvalue weighted by atomic mass is 79.9. The number of aliphatic hydroxyl groups excluding tert-OH is 1. The molecule has 0 radical (unpaired) electrons. The van der Waals surface area contributed by atoms with Crippen LogP contribution in [0.1, 0.15) is 17.5 Å². The number of benzene rings is 1. The Bertz CT molecular complexity index is 807. The zero-order chi connectivity index (χ0) is 17.3. The van der Waals surface area contributed by atoms with Crippen LogP contribution in [-0.2, 0) is 0 Å². The molecule has 1 unspecified atom stereocenters. The molecular formula is C19H19BrN2O2. The van der Waals surface area contributed by atoms with E-state index in [2.05, 4.69) is 32.8 Å². The third kappa shape index (κ3) is 3.52. The van der Waals surface area contributed by atoms with Crippen molar-refractivity contribution in [1.82, 2.24) is 9.88 Å². The Balaban J connectivity index is 1.91. The van der Waals surface area contributed by atoms with Gasteiger partial charge in [-0.05, 0) is 59.7 Å². The second-order valence-electron chi connectivity index (χ2n) is 6.21. The number of pyridine rings is 1. The molecule has 4 nitrogen and oxygen atoms in total. The third-order valence-electron chi connectivity index (χ3n) is 4.21. The van der Waals surface area contributed by atoms with Crippen molar-refractivity contribution in [2.75, 3.05) is 13.6 Å². The molecule has 2 N–H and O–H groups in total. The molecular weight excluding hydrogens is 368 g/mol. The smallest absolute Gasteiger partial charge is 0.166 e. The number of hydrogen-bond donors (Lipinski definition) is 2. The van der Waals surface area contributed by atoms with E-state index in [1.54, 1.807) is 11.9 Å². The van der Waals surface area contributed by atoms with Gasteiger partial charge in [-0.3, -0.25) is 4.90 Å². The fraction of sp³-hybridized carbons (Fsp3) is 0.316. The first kappa shape index (κ1) is 17.1. The summed E-state index contributed by atoms with van der Waals surface area (Å²) >= 11 is 3.42. The molecule has 2 atom stereocenters. The Morgan fingerprint density at radius 3 is 2.79 bits per heavy atom. The fourth-order valence-electron chi connectivity index (χ4n) is 2.80. The van der Waals surface area contributed by atoms with E-state index in [4.69, 9.17) is 0 Å². The molecule has 2 aromatic rings. The minimum Gasteiger partial charge on any atom is -0.374 e. The lowest BCUT2D eigenvalue weighted by molar-refractivity contribution is -0.0633. The van der Waals surface area contributed by atoms with Gasteiger partial charge in [0.1, 0.15) is 10.8 Å². The summed E-state index contributed by atoms with van der Waals surface area (Å²) in [4.78, 5) is 6.18. The normalized spacial score (nSPS) is 23.8. The van der Waals surface area contributed by atoms with Gasteiger partial charge in [-0.25, -0.2) is 4.98 Å². The summed E-state index contributed by atoms with van der Waals surface area (Å²) in [6.45, 7) is 2.64. The molecule has 1 aromatic carbocycles. The van der Waals surface area contributed by atoms with Crippen molar-refractivity contribution in [2.45, 2.75) is 25.2 Å². The topological polar surface area (TPSA) is 56.6 Å². The van der Waals surface area contributed by atoms with Gasteiger partial charge in [0.25, 0.3) is 0 Å². The Kier molecular flexibility index (Phi) is 4.75. The van der Waals surface area contributed by atoms with Crippen LogP contribution < -0.4 is 0 Å². The molecule has 1 aromatic heterocycles. The van der Waals surface area contributed by atoms with Gasteiger partial charge in [0.05, 0.1) is 5.69 Å². The quantitative estimate of drug-likeness (QED) is 0.584. The van der Waals surface area contributed by atoms with E-state index in [1.807, 2.05) is 43.3 Å². The zero-order valence-electron chi connectivity index (χ0n) is 13.6. The Labute approximate surface area is 150 Å². The first-order chi connectivity index (χ1) is 11.4. The lowest BCUT2D eigenvalue weighted by Crippen LogP contribution is -2.42. The molecule has 2 heterocycles. The first-order valence-electron chi connectivity index (χ1n) is 7.76. The lowest BCUT2D eigenvalue weighted by Gasteiger charge is -2.22. The molecule has 0 saturated carbocycles. The Morgan fingerprint density at radius 1 is 1.33 bits per heavy atom. The number of hydrogen-bond acceptors (Lipinski definition) is 4. The van der Waals surface area contributed by atoms with Crippen molar-refractivity contribution in [2.24, 2.45) is 0 Å². The van der Waals surface area contributed by atoms with E-state index >= 15 is 0 Å². The second kappa shape index (κ2) is 6.66. The summed E-state index contributed by atoms with van der Waals surface area (Å²) in [5.74, 6) is 5.83. The first-order valence-corrected chi connectivity index (χ1v) is 8.55. The van der Waals surface area contributed by atoms with Crippen LogP contribution in [0.5, 0.6) is 0 Å². The molecule has 1 saturated heterocycles. The van der Waals surface area contributed by atoms with Gasteiger partial charge in [0.2, 0.25) is 0 Å². The van der Waals surface area contributed by atoms with E-state index in [-0.39, 0.29) is 0 Å². The van der Waals surface area contributed by atoms with Crippen molar-refractivity contribution >= 4 is 15.9 Å². The van der Waals surface area contributed by atoms with Crippen LogP contribution in [0, 0.1) is 18.8 Å². The molecule has 1 aliphatic rings. The molecule has 3 rings (SSSR count). The Hall–Kier alpha value is -1.71. The molecule has 0 aliphatic carbocycles. The summed E-state index contributed by atoms with van der Waals surface area (Å²) in [5, 5.41) is 20.5. The van der Waals surface area contributed by atoms with E-state index < -0.39 is 11.8 Å². The summed E-state index contributed by atoms with van der Waals surface area (Å²) in [7, 11) is 1.77. The number of rotatable bonds is 1. The molecule has 124 valence electrons. The number of aliphatic hydroxyl groups is 2. The highest BCUT2D eigenvalue weighted by Crippen LogP contribution is 2.26. The van der Waals surface area contributed by atoms with Crippen molar-refractivity contribution in [1.29, 1.82) is 0 Å². The van der Waals surface area contributed by atoms with Crippen LogP contribution in [-0.4, -0.2) is 45.5 Å². The highest BCUT2D eigenvalue weighted by molar-refractivity contribution is 9.10. The number of likely N-dealkylation sites (tertiary alicyclic amines) is 1. The summed E-state index contributed by atoms with van der Waals surface area (Å²) in [6.07, 6.45) is -0.522. The summed E-state index contributed by atoms with van der Waals surface area (Å²) in [6, 6.07) is 11.7. The molecule has 0 amide bonds. The van der Waals surface area contributed by atoms with Gasteiger partial charge in [-0.15, -0.1) is 0 Å². The molecule has 0 bridgehead atoms. The predicted molar refractivity (Wildman–Crippen MR) is 97.2 cm³/mol. The predicted octanol–water partition coefficient (Wildman–Crippen LogP) is 2.56. The van der Waals surface area contributed by atoms with Crippen LogP contribution in [0.4, 0.5) is 0 Å². The van der Waals surface area contributed by atoms with Crippen molar-refractivity contribution in [3.05, 3.63) is 52.1 Å². The van der Waals surface area contributed by atoms with Crippen LogP contribution in [0.25, 0.3) is 11.3 Å². The SMILES string of the molecule is Cc1cc(Br)nc(-c2cccc(C#C[C@]3(O)CCN(C)C3O)c2)c1. The van der Waals surface area contributed by atoms with E-state index in [9.17, 15) is 10.2 Å². The number of halogens is 1. The highest BCUT2D eigenvalue weighted by Gasteiger charge is 2.42. The van der Waals surface area contributed by atoms with Gasteiger partial charge in [-0.2, -0.15) is 0 Å². The van der Waals surface area contributed by atoms with Gasteiger partial charge in [-0.1, -0.05) is 24.0 Å². The molecule has 1 aliphatic heterocycles. The standard InChI is InChI=1S/C19H19BrN2O2/c1-13-10-16(21-17(20)11-13)15-5-3-4-14(12-15)6-7-19(24)8-9-22(2)18(19)23/h3-5,10-12,18,23-24H,8-9H2,1-2H3/t18?,19-/m0/s1. The minimum absolute atomic E-state index is 0.434. The van der Waals surface area contributed by atoms with Crippen LogP contribution >= 0.6 is 15.9 Å². The minimum atomic E-state index is -1.38. The van der Waals surface area contributed by atoms with E-state index in [1.165, 1.54) is 0 Å².